The van der Waals surface area contributed by atoms with Gasteiger partial charge in [0.15, 0.2) is 5.84 Å². The molecule has 0 atom stereocenters. The topological polar surface area (TPSA) is 88.1 Å². The van der Waals surface area contributed by atoms with Crippen molar-refractivity contribution >= 4 is 5.84 Å². The summed E-state index contributed by atoms with van der Waals surface area (Å²) in [7, 11) is 0. The average Bonchev–Trinajstić information content (AvgIpc) is 2.29. The number of hydrogen-bond donors (Lipinski definition) is 3. The van der Waals surface area contributed by atoms with Gasteiger partial charge in [0.25, 0.3) is 0 Å². The number of nitrogens with two attached hydrogens (primary N) is 1. The molecule has 0 unspecified atom stereocenters. The fourth-order valence-electron chi connectivity index (χ4n) is 1.26. The number of aliphatic hydroxyl groups is 1. The van der Waals surface area contributed by atoms with Gasteiger partial charge < -0.3 is 20.8 Å². The molecule has 1 rings (SSSR count). The summed E-state index contributed by atoms with van der Waals surface area (Å²) in [6.45, 7) is 2.39. The normalized spacial score (nSPS) is 11.5. The molecule has 0 saturated carbocycles. The third-order valence-corrected chi connectivity index (χ3v) is 2.08. The van der Waals surface area contributed by atoms with E-state index in [1.807, 2.05) is 19.1 Å². The van der Waals surface area contributed by atoms with Gasteiger partial charge in [-0.05, 0) is 24.6 Å². The molecule has 1 aromatic rings. The van der Waals surface area contributed by atoms with Gasteiger partial charge in [-0.25, -0.2) is 0 Å². The molecule has 0 aliphatic carbocycles. The summed E-state index contributed by atoms with van der Waals surface area (Å²) in [6.07, 6.45) is 0.545. The number of nitrogens with zero attached hydrogens (tertiary/aromatic N) is 1. The van der Waals surface area contributed by atoms with Crippen molar-refractivity contribution in [1.29, 1.82) is 0 Å². The Balaban J connectivity index is 2.90. The van der Waals surface area contributed by atoms with Gasteiger partial charge in [-0.2, -0.15) is 0 Å². The second-order valence-corrected chi connectivity index (χ2v) is 3.41. The SMILES string of the molecule is Cc1ccc(C(N)=NO)c(OCCCO)c1. The predicted octanol–water partition coefficient (Wildman–Crippen LogP) is 0.851. The van der Waals surface area contributed by atoms with Gasteiger partial charge in [-0.3, -0.25) is 0 Å². The molecule has 0 amide bonds. The minimum absolute atomic E-state index is 0.0130. The Bertz CT molecular complexity index is 377. The van der Waals surface area contributed by atoms with Crippen molar-refractivity contribution in [3.63, 3.8) is 0 Å². The number of amidine groups is 1. The molecule has 0 saturated heterocycles. The van der Waals surface area contributed by atoms with Crippen LogP contribution in [0.5, 0.6) is 5.75 Å². The fraction of sp³-hybridized carbons (Fsp3) is 0.364. The van der Waals surface area contributed by atoms with Gasteiger partial charge in [0.2, 0.25) is 0 Å². The maximum absolute atomic E-state index is 8.66. The summed E-state index contributed by atoms with van der Waals surface area (Å²) in [5.41, 5.74) is 7.09. The highest BCUT2D eigenvalue weighted by molar-refractivity contribution is 5.99. The minimum atomic E-state index is 0.0130. The predicted molar refractivity (Wildman–Crippen MR) is 60.9 cm³/mol. The van der Waals surface area contributed by atoms with Crippen molar-refractivity contribution < 1.29 is 15.1 Å². The zero-order chi connectivity index (χ0) is 12.0. The van der Waals surface area contributed by atoms with Crippen molar-refractivity contribution in [1.82, 2.24) is 0 Å². The van der Waals surface area contributed by atoms with Crippen LogP contribution < -0.4 is 10.5 Å². The van der Waals surface area contributed by atoms with Gasteiger partial charge in [0.05, 0.1) is 12.2 Å². The van der Waals surface area contributed by atoms with E-state index in [0.717, 1.165) is 5.56 Å². The largest absolute Gasteiger partial charge is 0.493 e. The molecule has 5 nitrogen and oxygen atoms in total. The summed E-state index contributed by atoms with van der Waals surface area (Å²) >= 11 is 0. The summed E-state index contributed by atoms with van der Waals surface area (Å²) in [5, 5.41) is 20.2. The number of hydrogen-bond acceptors (Lipinski definition) is 4. The summed E-state index contributed by atoms with van der Waals surface area (Å²) in [6, 6.07) is 5.40. The van der Waals surface area contributed by atoms with Crippen LogP contribution in [0.3, 0.4) is 0 Å². The Morgan fingerprint density at radius 2 is 2.25 bits per heavy atom. The fourth-order valence-corrected chi connectivity index (χ4v) is 1.26. The number of oxime groups is 1. The monoisotopic (exact) mass is 224 g/mol. The van der Waals surface area contributed by atoms with Crippen LogP contribution in [0.25, 0.3) is 0 Å². The zero-order valence-electron chi connectivity index (χ0n) is 9.18. The van der Waals surface area contributed by atoms with E-state index < -0.39 is 0 Å². The maximum Gasteiger partial charge on any atom is 0.173 e. The van der Waals surface area contributed by atoms with Crippen molar-refractivity contribution in [2.24, 2.45) is 10.9 Å². The molecular formula is C11H16N2O3. The molecule has 88 valence electrons. The second kappa shape index (κ2) is 5.97. The van der Waals surface area contributed by atoms with Crippen LogP contribution in [0.15, 0.2) is 23.4 Å². The Labute approximate surface area is 94.1 Å². The van der Waals surface area contributed by atoms with E-state index in [-0.39, 0.29) is 12.4 Å². The summed E-state index contributed by atoms with van der Waals surface area (Å²) in [5.74, 6) is 0.572. The minimum Gasteiger partial charge on any atom is -0.493 e. The van der Waals surface area contributed by atoms with Gasteiger partial charge in [0, 0.05) is 13.0 Å². The highest BCUT2D eigenvalue weighted by atomic mass is 16.5. The van der Waals surface area contributed by atoms with Gasteiger partial charge in [-0.1, -0.05) is 11.2 Å². The van der Waals surface area contributed by atoms with Crippen LogP contribution in [0.4, 0.5) is 0 Å². The van der Waals surface area contributed by atoms with Gasteiger partial charge in [0.1, 0.15) is 5.75 Å². The lowest BCUT2D eigenvalue weighted by molar-refractivity contribution is 0.233. The zero-order valence-corrected chi connectivity index (χ0v) is 9.18. The third-order valence-electron chi connectivity index (χ3n) is 2.08. The number of aryl methyl sites for hydroxylation is 1. The Kier molecular flexibility index (Phi) is 4.60. The number of benzene rings is 1. The van der Waals surface area contributed by atoms with Crippen molar-refractivity contribution in [2.75, 3.05) is 13.2 Å². The molecule has 0 fully saturated rings. The summed E-state index contributed by atoms with van der Waals surface area (Å²) in [4.78, 5) is 0. The van der Waals surface area contributed by atoms with Crippen molar-refractivity contribution in [3.05, 3.63) is 29.3 Å². The third kappa shape index (κ3) is 3.13. The Morgan fingerprint density at radius 1 is 1.50 bits per heavy atom. The van der Waals surface area contributed by atoms with E-state index in [9.17, 15) is 0 Å². The van der Waals surface area contributed by atoms with E-state index >= 15 is 0 Å². The van der Waals surface area contributed by atoms with Crippen molar-refractivity contribution in [3.8, 4) is 5.75 Å². The van der Waals surface area contributed by atoms with Gasteiger partial charge in [-0.15, -0.1) is 0 Å². The molecule has 1 aromatic carbocycles. The first-order valence-corrected chi connectivity index (χ1v) is 5.01. The molecule has 0 aliphatic heterocycles. The molecule has 0 radical (unpaired) electrons. The molecule has 0 spiro atoms. The first kappa shape index (κ1) is 12.3. The molecule has 4 N–H and O–H groups in total. The lowest BCUT2D eigenvalue weighted by Gasteiger charge is -2.10. The first-order valence-electron chi connectivity index (χ1n) is 5.01. The van der Waals surface area contributed by atoms with E-state index in [1.165, 1.54) is 0 Å². The van der Waals surface area contributed by atoms with Crippen LogP contribution in [-0.4, -0.2) is 29.4 Å². The van der Waals surface area contributed by atoms with Crippen LogP contribution in [-0.2, 0) is 0 Å². The second-order valence-electron chi connectivity index (χ2n) is 3.41. The van der Waals surface area contributed by atoms with Crippen LogP contribution in [0.1, 0.15) is 17.5 Å². The highest BCUT2D eigenvalue weighted by Gasteiger charge is 2.08. The van der Waals surface area contributed by atoms with E-state index in [2.05, 4.69) is 5.16 Å². The number of ether oxygens (including phenoxy) is 1. The molecule has 0 aliphatic rings. The lowest BCUT2D eigenvalue weighted by atomic mass is 10.1. The van der Waals surface area contributed by atoms with Crippen LogP contribution in [0.2, 0.25) is 0 Å². The highest BCUT2D eigenvalue weighted by Crippen LogP contribution is 2.20. The number of rotatable bonds is 5. The van der Waals surface area contributed by atoms with Crippen molar-refractivity contribution in [2.45, 2.75) is 13.3 Å². The van der Waals surface area contributed by atoms with E-state index in [4.69, 9.17) is 20.8 Å². The lowest BCUT2D eigenvalue weighted by Crippen LogP contribution is -2.15. The Morgan fingerprint density at radius 3 is 2.88 bits per heavy atom. The van der Waals surface area contributed by atoms with E-state index in [1.54, 1.807) is 6.07 Å². The van der Waals surface area contributed by atoms with E-state index in [0.29, 0.717) is 24.3 Å². The standard InChI is InChI=1S/C11H16N2O3/c1-8-3-4-9(11(12)13-15)10(7-8)16-6-2-5-14/h3-4,7,14-15H,2,5-6H2,1H3,(H2,12,13). The molecule has 16 heavy (non-hydrogen) atoms. The molecule has 0 heterocycles. The molecule has 0 aromatic heterocycles. The summed E-state index contributed by atoms with van der Waals surface area (Å²) < 4.78 is 5.45. The number of aliphatic hydroxyl groups excluding tert-OH is 1. The van der Waals surface area contributed by atoms with Gasteiger partial charge >= 0.3 is 0 Å². The first-order chi connectivity index (χ1) is 7.69. The average molecular weight is 224 g/mol. The maximum atomic E-state index is 8.66. The Hall–Kier alpha value is -1.75. The van der Waals surface area contributed by atoms with Crippen LogP contribution in [0, 0.1) is 6.92 Å². The smallest absolute Gasteiger partial charge is 0.173 e. The molecular weight excluding hydrogens is 208 g/mol. The molecule has 5 heteroatoms. The van der Waals surface area contributed by atoms with Crippen LogP contribution >= 0.6 is 0 Å². The quantitative estimate of drug-likeness (QED) is 0.227. The molecule has 0 bridgehead atoms.